The molecule has 1 aliphatic rings. The number of benzene rings is 1. The molecule has 1 amide bonds. The Bertz CT molecular complexity index is 845. The molecule has 3 rings (SSSR count). The summed E-state index contributed by atoms with van der Waals surface area (Å²) in [7, 11) is 1.86. The van der Waals surface area contributed by atoms with Gasteiger partial charge in [0.15, 0.2) is 0 Å². The molecular formula is C24H37N3O. The molecule has 4 heteroatoms. The highest BCUT2D eigenvalue weighted by molar-refractivity contribution is 5.98. The van der Waals surface area contributed by atoms with Crippen molar-refractivity contribution in [2.75, 3.05) is 11.9 Å². The molecule has 0 spiro atoms. The third-order valence-corrected chi connectivity index (χ3v) is 5.90. The van der Waals surface area contributed by atoms with Crippen LogP contribution in [0.3, 0.4) is 0 Å². The molecule has 28 heavy (non-hydrogen) atoms. The molecule has 1 aliphatic carbocycles. The van der Waals surface area contributed by atoms with Crippen LogP contribution >= 0.6 is 0 Å². The Hall–Kier alpha value is -1.84. The van der Waals surface area contributed by atoms with Crippen molar-refractivity contribution in [2.24, 2.45) is 11.3 Å². The fourth-order valence-electron chi connectivity index (χ4n) is 4.33. The van der Waals surface area contributed by atoms with E-state index in [-0.39, 0.29) is 11.3 Å². The summed E-state index contributed by atoms with van der Waals surface area (Å²) in [5.74, 6) is 2.01. The third-order valence-electron chi connectivity index (χ3n) is 5.90. The van der Waals surface area contributed by atoms with E-state index in [2.05, 4.69) is 43.5 Å². The number of anilines is 1. The van der Waals surface area contributed by atoms with Gasteiger partial charge in [0.05, 0.1) is 11.0 Å². The molecule has 1 saturated carbocycles. The summed E-state index contributed by atoms with van der Waals surface area (Å²) in [6.45, 7) is 13.6. The van der Waals surface area contributed by atoms with Crippen LogP contribution in [0.1, 0.15) is 79.5 Å². The second kappa shape index (κ2) is 7.53. The van der Waals surface area contributed by atoms with E-state index in [4.69, 9.17) is 4.98 Å². The number of imidazole rings is 1. The first-order valence-corrected chi connectivity index (χ1v) is 10.8. The van der Waals surface area contributed by atoms with Crippen molar-refractivity contribution in [3.05, 3.63) is 24.0 Å². The van der Waals surface area contributed by atoms with Crippen LogP contribution in [-0.4, -0.2) is 22.5 Å². The Morgan fingerprint density at radius 1 is 1.11 bits per heavy atom. The maximum Gasteiger partial charge on any atom is 0.232 e. The number of carbonyl (C=O) groups is 1. The second-order valence-electron chi connectivity index (χ2n) is 10.6. The number of hydrogen-bond acceptors (Lipinski definition) is 2. The zero-order valence-electron chi connectivity index (χ0n) is 18.8. The molecular weight excluding hydrogens is 346 g/mol. The van der Waals surface area contributed by atoms with Gasteiger partial charge in [0.2, 0.25) is 5.91 Å². The maximum absolute atomic E-state index is 12.7. The van der Waals surface area contributed by atoms with E-state index in [1.807, 2.05) is 27.8 Å². The van der Waals surface area contributed by atoms with Gasteiger partial charge in [-0.3, -0.25) is 4.79 Å². The summed E-state index contributed by atoms with van der Waals surface area (Å²) >= 11 is 0. The Balaban J connectivity index is 2.01. The van der Waals surface area contributed by atoms with Gasteiger partial charge in [0, 0.05) is 30.1 Å². The number of fused-ring (bicyclic) bond motifs is 1. The molecule has 1 fully saturated rings. The average Bonchev–Trinajstić information content (AvgIpc) is 2.98. The Morgan fingerprint density at radius 2 is 1.75 bits per heavy atom. The second-order valence-corrected chi connectivity index (χ2v) is 10.6. The zero-order valence-corrected chi connectivity index (χ0v) is 18.8. The highest BCUT2D eigenvalue weighted by Crippen LogP contribution is 2.33. The van der Waals surface area contributed by atoms with Crippen molar-refractivity contribution < 1.29 is 4.79 Å². The molecule has 1 heterocycles. The van der Waals surface area contributed by atoms with Crippen LogP contribution in [0.25, 0.3) is 11.0 Å². The van der Waals surface area contributed by atoms with E-state index in [1.54, 1.807) is 4.90 Å². The van der Waals surface area contributed by atoms with Crippen molar-refractivity contribution >= 4 is 22.6 Å². The Kier molecular flexibility index (Phi) is 5.62. The summed E-state index contributed by atoms with van der Waals surface area (Å²) in [5, 5.41) is 0. The fourth-order valence-corrected chi connectivity index (χ4v) is 4.33. The molecule has 0 unspecified atom stereocenters. The number of carbonyl (C=O) groups excluding carboxylic acids is 1. The summed E-state index contributed by atoms with van der Waals surface area (Å²) < 4.78 is 2.45. The predicted molar refractivity (Wildman–Crippen MR) is 118 cm³/mol. The van der Waals surface area contributed by atoms with Gasteiger partial charge in [-0.2, -0.15) is 0 Å². The molecule has 1 aromatic carbocycles. The normalized spacial score (nSPS) is 16.5. The quantitative estimate of drug-likeness (QED) is 0.659. The first kappa shape index (κ1) is 20.9. The maximum atomic E-state index is 12.7. The van der Waals surface area contributed by atoms with Gasteiger partial charge in [-0.15, -0.1) is 0 Å². The van der Waals surface area contributed by atoms with Gasteiger partial charge in [-0.1, -0.05) is 60.8 Å². The van der Waals surface area contributed by atoms with Crippen LogP contribution in [-0.2, 0) is 16.8 Å². The van der Waals surface area contributed by atoms with Crippen LogP contribution in [0, 0.1) is 11.3 Å². The minimum atomic E-state index is -0.402. The van der Waals surface area contributed by atoms with E-state index in [0.717, 1.165) is 29.5 Å². The van der Waals surface area contributed by atoms with E-state index >= 15 is 0 Å². The number of amides is 1. The summed E-state index contributed by atoms with van der Waals surface area (Å²) in [6, 6.07) is 6.30. The SMILES string of the molecule is CN(C(=O)C(C)(C)C)c1ccc2c(c1)nc(C(C)(C)C)n2CC1CCCCC1. The predicted octanol–water partition coefficient (Wildman–Crippen LogP) is 5.92. The topological polar surface area (TPSA) is 38.1 Å². The summed E-state index contributed by atoms with van der Waals surface area (Å²) in [6.07, 6.45) is 6.73. The molecule has 1 aromatic heterocycles. The number of aromatic nitrogens is 2. The third kappa shape index (κ3) is 4.26. The molecule has 0 aliphatic heterocycles. The van der Waals surface area contributed by atoms with Crippen molar-refractivity contribution in [3.8, 4) is 0 Å². The Labute approximate surface area is 170 Å². The minimum absolute atomic E-state index is 0.0129. The summed E-state index contributed by atoms with van der Waals surface area (Å²) in [5.41, 5.74) is 2.68. The van der Waals surface area contributed by atoms with Gasteiger partial charge < -0.3 is 9.47 Å². The van der Waals surface area contributed by atoms with E-state index < -0.39 is 5.41 Å². The van der Waals surface area contributed by atoms with Crippen molar-refractivity contribution in [1.29, 1.82) is 0 Å². The highest BCUT2D eigenvalue weighted by Gasteiger charge is 2.28. The Morgan fingerprint density at radius 3 is 2.32 bits per heavy atom. The van der Waals surface area contributed by atoms with Crippen LogP contribution < -0.4 is 4.90 Å². The van der Waals surface area contributed by atoms with Crippen molar-refractivity contribution in [2.45, 2.75) is 85.6 Å². The monoisotopic (exact) mass is 383 g/mol. The number of hydrogen-bond donors (Lipinski definition) is 0. The molecule has 0 N–H and O–H groups in total. The summed E-state index contributed by atoms with van der Waals surface area (Å²) in [4.78, 5) is 19.5. The minimum Gasteiger partial charge on any atom is -0.327 e. The van der Waals surface area contributed by atoms with Crippen LogP contribution in [0.4, 0.5) is 5.69 Å². The molecule has 0 bridgehead atoms. The molecule has 154 valence electrons. The molecule has 0 saturated heterocycles. The fraction of sp³-hybridized carbons (Fsp3) is 0.667. The standard InChI is InChI=1S/C24H37N3O/c1-23(2,3)21-25-19-15-18(26(7)22(28)24(4,5)6)13-14-20(19)27(21)16-17-11-9-8-10-12-17/h13-15,17H,8-12,16H2,1-7H3. The van der Waals surface area contributed by atoms with Gasteiger partial charge in [0.25, 0.3) is 0 Å². The largest absolute Gasteiger partial charge is 0.327 e. The number of nitrogens with zero attached hydrogens (tertiary/aromatic N) is 3. The molecule has 0 atom stereocenters. The zero-order chi connectivity index (χ0) is 20.7. The van der Waals surface area contributed by atoms with Crippen LogP contribution in [0.5, 0.6) is 0 Å². The lowest BCUT2D eigenvalue weighted by Gasteiger charge is -2.27. The van der Waals surface area contributed by atoms with Gasteiger partial charge in [-0.05, 0) is 37.0 Å². The molecule has 4 nitrogen and oxygen atoms in total. The van der Waals surface area contributed by atoms with Crippen LogP contribution in [0.2, 0.25) is 0 Å². The van der Waals surface area contributed by atoms with Crippen LogP contribution in [0.15, 0.2) is 18.2 Å². The van der Waals surface area contributed by atoms with Crippen molar-refractivity contribution in [3.63, 3.8) is 0 Å². The van der Waals surface area contributed by atoms with Crippen molar-refractivity contribution in [1.82, 2.24) is 9.55 Å². The average molecular weight is 384 g/mol. The highest BCUT2D eigenvalue weighted by atomic mass is 16.2. The lowest BCUT2D eigenvalue weighted by atomic mass is 9.88. The van der Waals surface area contributed by atoms with Gasteiger partial charge in [-0.25, -0.2) is 4.98 Å². The van der Waals surface area contributed by atoms with E-state index in [1.165, 1.54) is 37.6 Å². The smallest absolute Gasteiger partial charge is 0.232 e. The number of rotatable bonds is 3. The van der Waals surface area contributed by atoms with E-state index in [9.17, 15) is 4.79 Å². The lowest BCUT2D eigenvalue weighted by Crippen LogP contribution is -2.36. The lowest BCUT2D eigenvalue weighted by molar-refractivity contribution is -0.125. The first-order chi connectivity index (χ1) is 13.0. The molecule has 0 radical (unpaired) electrons. The first-order valence-electron chi connectivity index (χ1n) is 10.8. The van der Waals surface area contributed by atoms with Gasteiger partial charge in [0.1, 0.15) is 5.82 Å². The van der Waals surface area contributed by atoms with Gasteiger partial charge >= 0.3 is 0 Å². The van der Waals surface area contributed by atoms with E-state index in [0.29, 0.717) is 0 Å². The molecule has 2 aromatic rings.